The van der Waals surface area contributed by atoms with Gasteiger partial charge in [-0.15, -0.1) is 0 Å². The Balaban J connectivity index is 2.57. The lowest BCUT2D eigenvalue weighted by atomic mass is 10.0. The Morgan fingerprint density at radius 2 is 1.57 bits per heavy atom. The SMILES string of the molecule is CC(C)COc1cc(C(=O)O)c(OCC(C)C)c2ccccc12. The normalized spacial score (nSPS) is 11.2. The predicted octanol–water partition coefficient (Wildman–Crippen LogP) is 4.61. The molecule has 0 saturated heterocycles. The van der Waals surface area contributed by atoms with Crippen molar-refractivity contribution in [2.45, 2.75) is 27.7 Å². The van der Waals surface area contributed by atoms with Crippen LogP contribution >= 0.6 is 0 Å². The molecule has 23 heavy (non-hydrogen) atoms. The van der Waals surface area contributed by atoms with Gasteiger partial charge < -0.3 is 14.6 Å². The molecule has 0 atom stereocenters. The first-order valence-electron chi connectivity index (χ1n) is 7.94. The molecule has 0 aliphatic heterocycles. The summed E-state index contributed by atoms with van der Waals surface area (Å²) in [4.78, 5) is 11.7. The number of carbonyl (C=O) groups is 1. The number of ether oxygens (including phenoxy) is 2. The lowest BCUT2D eigenvalue weighted by Gasteiger charge is -2.17. The summed E-state index contributed by atoms with van der Waals surface area (Å²) in [5.74, 6) is 0.664. The molecule has 0 amide bonds. The van der Waals surface area contributed by atoms with Gasteiger partial charge in [0.2, 0.25) is 0 Å². The quantitative estimate of drug-likeness (QED) is 0.810. The molecule has 4 heteroatoms. The number of carboxylic acids is 1. The fourth-order valence-electron chi connectivity index (χ4n) is 2.26. The molecule has 0 aromatic heterocycles. The molecule has 2 rings (SSSR count). The van der Waals surface area contributed by atoms with E-state index in [9.17, 15) is 9.90 Å². The van der Waals surface area contributed by atoms with Crippen molar-refractivity contribution in [3.63, 3.8) is 0 Å². The van der Waals surface area contributed by atoms with Gasteiger partial charge in [0.15, 0.2) is 0 Å². The van der Waals surface area contributed by atoms with Crippen LogP contribution in [0.25, 0.3) is 10.8 Å². The Hall–Kier alpha value is -2.23. The topological polar surface area (TPSA) is 55.8 Å². The molecule has 2 aromatic rings. The van der Waals surface area contributed by atoms with E-state index in [0.717, 1.165) is 10.8 Å². The Morgan fingerprint density at radius 1 is 1.00 bits per heavy atom. The van der Waals surface area contributed by atoms with E-state index < -0.39 is 5.97 Å². The van der Waals surface area contributed by atoms with Gasteiger partial charge in [0, 0.05) is 10.8 Å². The van der Waals surface area contributed by atoms with Crippen molar-refractivity contribution in [3.05, 3.63) is 35.9 Å². The maximum Gasteiger partial charge on any atom is 0.339 e. The van der Waals surface area contributed by atoms with Crippen LogP contribution in [0.2, 0.25) is 0 Å². The number of carboxylic acid groups (broad SMARTS) is 1. The number of fused-ring (bicyclic) bond motifs is 1. The van der Waals surface area contributed by atoms with E-state index >= 15 is 0 Å². The monoisotopic (exact) mass is 316 g/mol. The fraction of sp³-hybridized carbons (Fsp3) is 0.421. The second kappa shape index (κ2) is 7.36. The molecule has 0 heterocycles. The van der Waals surface area contributed by atoms with Gasteiger partial charge in [0.05, 0.1) is 13.2 Å². The highest BCUT2D eigenvalue weighted by molar-refractivity contribution is 6.03. The highest BCUT2D eigenvalue weighted by Crippen LogP contribution is 2.37. The van der Waals surface area contributed by atoms with E-state index in [2.05, 4.69) is 13.8 Å². The molecule has 124 valence electrons. The van der Waals surface area contributed by atoms with Crippen molar-refractivity contribution in [2.75, 3.05) is 13.2 Å². The molecular formula is C19H24O4. The van der Waals surface area contributed by atoms with Crippen molar-refractivity contribution in [2.24, 2.45) is 11.8 Å². The number of hydrogen-bond donors (Lipinski definition) is 1. The number of hydrogen-bond acceptors (Lipinski definition) is 3. The van der Waals surface area contributed by atoms with Gasteiger partial charge in [0.1, 0.15) is 17.1 Å². The second-order valence-electron chi connectivity index (χ2n) is 6.51. The van der Waals surface area contributed by atoms with Crippen LogP contribution in [0.3, 0.4) is 0 Å². The molecule has 0 bridgehead atoms. The van der Waals surface area contributed by atoms with Crippen LogP contribution in [0.5, 0.6) is 11.5 Å². The summed E-state index contributed by atoms with van der Waals surface area (Å²) < 4.78 is 11.7. The minimum absolute atomic E-state index is 0.142. The van der Waals surface area contributed by atoms with Crippen molar-refractivity contribution < 1.29 is 19.4 Å². The van der Waals surface area contributed by atoms with E-state index in [1.165, 1.54) is 0 Å². The zero-order valence-electron chi connectivity index (χ0n) is 14.1. The average Bonchev–Trinajstić information content (AvgIpc) is 2.50. The van der Waals surface area contributed by atoms with Crippen LogP contribution in [0.15, 0.2) is 30.3 Å². The van der Waals surface area contributed by atoms with E-state index in [1.54, 1.807) is 6.07 Å². The van der Waals surface area contributed by atoms with Gasteiger partial charge in [-0.3, -0.25) is 0 Å². The highest BCUT2D eigenvalue weighted by atomic mass is 16.5. The fourth-order valence-corrected chi connectivity index (χ4v) is 2.26. The van der Waals surface area contributed by atoms with Gasteiger partial charge in [-0.05, 0) is 17.9 Å². The number of benzene rings is 2. The first kappa shape index (κ1) is 17.1. The van der Waals surface area contributed by atoms with E-state index in [0.29, 0.717) is 36.5 Å². The minimum Gasteiger partial charge on any atom is -0.493 e. The lowest BCUT2D eigenvalue weighted by Crippen LogP contribution is -2.11. The van der Waals surface area contributed by atoms with Crippen molar-refractivity contribution in [3.8, 4) is 11.5 Å². The zero-order chi connectivity index (χ0) is 17.0. The zero-order valence-corrected chi connectivity index (χ0v) is 14.1. The van der Waals surface area contributed by atoms with Crippen molar-refractivity contribution in [1.82, 2.24) is 0 Å². The van der Waals surface area contributed by atoms with E-state index in [1.807, 2.05) is 38.1 Å². The van der Waals surface area contributed by atoms with Crippen LogP contribution in [0.1, 0.15) is 38.1 Å². The Kier molecular flexibility index (Phi) is 5.48. The number of aromatic carboxylic acids is 1. The van der Waals surface area contributed by atoms with Crippen molar-refractivity contribution in [1.29, 1.82) is 0 Å². The average molecular weight is 316 g/mol. The van der Waals surface area contributed by atoms with E-state index in [4.69, 9.17) is 9.47 Å². The molecule has 0 aliphatic rings. The summed E-state index contributed by atoms with van der Waals surface area (Å²) in [7, 11) is 0. The third-order valence-electron chi connectivity index (χ3n) is 3.32. The van der Waals surface area contributed by atoms with Gasteiger partial charge in [-0.1, -0.05) is 52.0 Å². The highest BCUT2D eigenvalue weighted by Gasteiger charge is 2.19. The summed E-state index contributed by atoms with van der Waals surface area (Å²) in [6, 6.07) is 9.17. The van der Waals surface area contributed by atoms with E-state index in [-0.39, 0.29) is 5.56 Å². The van der Waals surface area contributed by atoms with Crippen LogP contribution in [0.4, 0.5) is 0 Å². The molecule has 0 saturated carbocycles. The molecular weight excluding hydrogens is 292 g/mol. The molecule has 0 unspecified atom stereocenters. The minimum atomic E-state index is -1.01. The largest absolute Gasteiger partial charge is 0.493 e. The lowest BCUT2D eigenvalue weighted by molar-refractivity contribution is 0.0691. The second-order valence-corrected chi connectivity index (χ2v) is 6.51. The maximum atomic E-state index is 11.7. The molecule has 2 aromatic carbocycles. The van der Waals surface area contributed by atoms with Crippen molar-refractivity contribution >= 4 is 16.7 Å². The molecule has 0 radical (unpaired) electrons. The Labute approximate surface area is 137 Å². The van der Waals surface area contributed by atoms with Gasteiger partial charge in [-0.25, -0.2) is 4.79 Å². The van der Waals surface area contributed by atoms with Gasteiger partial charge in [-0.2, -0.15) is 0 Å². The van der Waals surface area contributed by atoms with Crippen LogP contribution in [-0.2, 0) is 0 Å². The smallest absolute Gasteiger partial charge is 0.339 e. The maximum absolute atomic E-state index is 11.7. The first-order chi connectivity index (χ1) is 10.9. The molecule has 0 spiro atoms. The summed E-state index contributed by atoms with van der Waals surface area (Å²) in [5.41, 5.74) is 0.142. The predicted molar refractivity (Wildman–Crippen MR) is 91.6 cm³/mol. The summed E-state index contributed by atoms with van der Waals surface area (Å²) in [6.07, 6.45) is 0. The number of rotatable bonds is 7. The molecule has 4 nitrogen and oxygen atoms in total. The first-order valence-corrected chi connectivity index (χ1v) is 7.94. The summed E-state index contributed by atoms with van der Waals surface area (Å²) >= 11 is 0. The molecule has 0 fully saturated rings. The standard InChI is InChI=1S/C19H24O4/c1-12(2)10-22-17-9-16(19(20)21)18(23-11-13(3)4)15-8-6-5-7-14(15)17/h5-9,12-13H,10-11H2,1-4H3,(H,20,21). The Morgan fingerprint density at radius 3 is 2.13 bits per heavy atom. The van der Waals surface area contributed by atoms with Crippen LogP contribution in [-0.4, -0.2) is 24.3 Å². The third kappa shape index (κ3) is 4.15. The van der Waals surface area contributed by atoms with Gasteiger partial charge >= 0.3 is 5.97 Å². The molecule has 0 aliphatic carbocycles. The Bertz CT molecular complexity index is 689. The molecule has 1 N–H and O–H groups in total. The van der Waals surface area contributed by atoms with Gasteiger partial charge in [0.25, 0.3) is 0 Å². The third-order valence-corrected chi connectivity index (χ3v) is 3.32. The summed E-state index contributed by atoms with van der Waals surface area (Å²) in [5, 5.41) is 11.2. The van der Waals surface area contributed by atoms with Crippen LogP contribution < -0.4 is 9.47 Å². The van der Waals surface area contributed by atoms with Crippen LogP contribution in [0, 0.1) is 11.8 Å². The summed E-state index contributed by atoms with van der Waals surface area (Å²) in [6.45, 7) is 9.18.